The van der Waals surface area contributed by atoms with E-state index in [0.717, 1.165) is 28.0 Å². The Morgan fingerprint density at radius 1 is 1.14 bits per heavy atom. The van der Waals surface area contributed by atoms with Crippen LogP contribution in [-0.2, 0) is 6.61 Å². The van der Waals surface area contributed by atoms with Crippen molar-refractivity contribution in [2.24, 2.45) is 5.73 Å². The quantitative estimate of drug-likeness (QED) is 0.844. The summed E-state index contributed by atoms with van der Waals surface area (Å²) in [4.78, 5) is 0.342. The molecule has 110 valence electrons. The van der Waals surface area contributed by atoms with Gasteiger partial charge in [-0.05, 0) is 43.5 Å². The third kappa shape index (κ3) is 3.55. The first kappa shape index (κ1) is 15.8. The van der Waals surface area contributed by atoms with Gasteiger partial charge in [-0.1, -0.05) is 48.1 Å². The molecule has 0 aliphatic carbocycles. The van der Waals surface area contributed by atoms with Gasteiger partial charge >= 0.3 is 0 Å². The lowest BCUT2D eigenvalue weighted by molar-refractivity contribution is 0.302. The molecule has 2 nitrogen and oxygen atoms in total. The zero-order chi connectivity index (χ0) is 15.6. The summed E-state index contributed by atoms with van der Waals surface area (Å²) in [6.45, 7) is 6.60. The van der Waals surface area contributed by atoms with E-state index < -0.39 is 0 Å². The second-order valence-electron chi connectivity index (χ2n) is 5.11. The second-order valence-corrected chi connectivity index (χ2v) is 5.96. The molecule has 2 aromatic rings. The van der Waals surface area contributed by atoms with E-state index in [4.69, 9.17) is 34.3 Å². The lowest BCUT2D eigenvalue weighted by atomic mass is 10.1. The smallest absolute Gasteiger partial charge is 0.125 e. The zero-order valence-corrected chi connectivity index (χ0v) is 13.9. The Kier molecular flexibility index (Phi) is 4.86. The third-order valence-corrected chi connectivity index (χ3v) is 4.17. The summed E-state index contributed by atoms with van der Waals surface area (Å²) in [5.41, 5.74) is 10.8. The summed E-state index contributed by atoms with van der Waals surface area (Å²) in [5, 5.41) is 0.614. The van der Waals surface area contributed by atoms with E-state index in [1.807, 2.05) is 19.1 Å². The van der Waals surface area contributed by atoms with Gasteiger partial charge in [-0.3, -0.25) is 0 Å². The van der Waals surface area contributed by atoms with Gasteiger partial charge in [0.2, 0.25) is 0 Å². The molecule has 0 aromatic heterocycles. The fourth-order valence-corrected chi connectivity index (χ4v) is 2.48. The maximum atomic E-state index is 6.26. The average Bonchev–Trinajstić information content (AvgIpc) is 2.44. The Balaban J connectivity index is 2.21. The number of thiocarbonyl (C=S) groups is 1. The number of hydrogen-bond acceptors (Lipinski definition) is 2. The first-order valence-corrected chi connectivity index (χ1v) is 7.46. The van der Waals surface area contributed by atoms with Crippen LogP contribution < -0.4 is 10.5 Å². The Bertz CT molecular complexity index is 697. The summed E-state index contributed by atoms with van der Waals surface area (Å²) in [6.07, 6.45) is 0. The number of ether oxygens (including phenoxy) is 1. The Labute approximate surface area is 135 Å². The SMILES string of the molecule is Cc1ccc(C)c(OCc2ccc(C(N)=S)cc2Cl)c1C. The summed E-state index contributed by atoms with van der Waals surface area (Å²) < 4.78 is 5.97. The minimum Gasteiger partial charge on any atom is -0.488 e. The van der Waals surface area contributed by atoms with Crippen LogP contribution in [0.15, 0.2) is 30.3 Å². The summed E-state index contributed by atoms with van der Waals surface area (Å²) in [5.74, 6) is 0.921. The largest absolute Gasteiger partial charge is 0.488 e. The average molecular weight is 320 g/mol. The first-order chi connectivity index (χ1) is 9.90. The van der Waals surface area contributed by atoms with Crippen molar-refractivity contribution in [1.29, 1.82) is 0 Å². The number of halogens is 1. The number of benzene rings is 2. The second kappa shape index (κ2) is 6.46. The van der Waals surface area contributed by atoms with E-state index in [1.165, 1.54) is 5.56 Å². The van der Waals surface area contributed by atoms with Crippen LogP contribution in [0, 0.1) is 20.8 Å². The molecule has 2 aromatic carbocycles. The van der Waals surface area contributed by atoms with Gasteiger partial charge in [-0.25, -0.2) is 0 Å². The van der Waals surface area contributed by atoms with Crippen molar-refractivity contribution >= 4 is 28.8 Å². The van der Waals surface area contributed by atoms with E-state index in [2.05, 4.69) is 26.0 Å². The molecule has 2 N–H and O–H groups in total. The molecule has 0 bridgehead atoms. The molecule has 0 atom stereocenters. The normalized spacial score (nSPS) is 10.5. The minimum atomic E-state index is 0.342. The van der Waals surface area contributed by atoms with Gasteiger partial charge in [0, 0.05) is 16.1 Å². The fraction of sp³-hybridized carbons (Fsp3) is 0.235. The minimum absolute atomic E-state index is 0.342. The third-order valence-electron chi connectivity index (χ3n) is 3.58. The van der Waals surface area contributed by atoms with Crippen LogP contribution in [0.25, 0.3) is 0 Å². The van der Waals surface area contributed by atoms with Gasteiger partial charge in [-0.15, -0.1) is 0 Å². The molecule has 0 heterocycles. The Morgan fingerprint density at radius 2 is 1.81 bits per heavy atom. The van der Waals surface area contributed by atoms with Crippen molar-refractivity contribution in [2.75, 3.05) is 0 Å². The highest BCUT2D eigenvalue weighted by molar-refractivity contribution is 7.80. The molecule has 0 aliphatic heterocycles. The molecule has 0 aliphatic rings. The van der Waals surface area contributed by atoms with Crippen LogP contribution in [0.2, 0.25) is 5.02 Å². The number of nitrogens with two attached hydrogens (primary N) is 1. The Morgan fingerprint density at radius 3 is 2.43 bits per heavy atom. The predicted molar refractivity (Wildman–Crippen MR) is 92.3 cm³/mol. The van der Waals surface area contributed by atoms with Gasteiger partial charge in [0.25, 0.3) is 0 Å². The van der Waals surface area contributed by atoms with Crippen LogP contribution in [0.1, 0.15) is 27.8 Å². The zero-order valence-electron chi connectivity index (χ0n) is 12.4. The molecule has 0 fully saturated rings. The van der Waals surface area contributed by atoms with Gasteiger partial charge in [0.15, 0.2) is 0 Å². The molecule has 0 spiro atoms. The van der Waals surface area contributed by atoms with Crippen LogP contribution in [0.4, 0.5) is 0 Å². The molecule has 2 rings (SSSR count). The summed E-state index contributed by atoms with van der Waals surface area (Å²) in [7, 11) is 0. The van der Waals surface area contributed by atoms with E-state index >= 15 is 0 Å². The van der Waals surface area contributed by atoms with Gasteiger partial charge in [0.1, 0.15) is 17.3 Å². The van der Waals surface area contributed by atoms with Crippen molar-refractivity contribution in [3.05, 3.63) is 63.2 Å². The van der Waals surface area contributed by atoms with Crippen LogP contribution in [-0.4, -0.2) is 4.99 Å². The highest BCUT2D eigenvalue weighted by atomic mass is 35.5. The maximum Gasteiger partial charge on any atom is 0.125 e. The van der Waals surface area contributed by atoms with Gasteiger partial charge < -0.3 is 10.5 Å². The monoisotopic (exact) mass is 319 g/mol. The number of aryl methyl sites for hydroxylation is 2. The highest BCUT2D eigenvalue weighted by Gasteiger charge is 2.09. The highest BCUT2D eigenvalue weighted by Crippen LogP contribution is 2.27. The van der Waals surface area contributed by atoms with Crippen molar-refractivity contribution < 1.29 is 4.74 Å². The van der Waals surface area contributed by atoms with Crippen molar-refractivity contribution in [3.8, 4) is 5.75 Å². The molecule has 0 amide bonds. The van der Waals surface area contributed by atoms with Gasteiger partial charge in [0.05, 0.1) is 0 Å². The van der Waals surface area contributed by atoms with Crippen LogP contribution in [0.5, 0.6) is 5.75 Å². The molecule has 0 saturated carbocycles. The maximum absolute atomic E-state index is 6.26. The van der Waals surface area contributed by atoms with Crippen LogP contribution in [0.3, 0.4) is 0 Å². The number of rotatable bonds is 4. The summed E-state index contributed by atoms with van der Waals surface area (Å²) >= 11 is 11.2. The van der Waals surface area contributed by atoms with Gasteiger partial charge in [-0.2, -0.15) is 0 Å². The van der Waals surface area contributed by atoms with Crippen LogP contribution >= 0.6 is 23.8 Å². The molecule has 21 heavy (non-hydrogen) atoms. The van der Waals surface area contributed by atoms with Crippen molar-refractivity contribution in [2.45, 2.75) is 27.4 Å². The lowest BCUT2D eigenvalue weighted by Crippen LogP contribution is -2.09. The van der Waals surface area contributed by atoms with Crippen molar-refractivity contribution in [3.63, 3.8) is 0 Å². The first-order valence-electron chi connectivity index (χ1n) is 6.68. The standard InChI is InChI=1S/C17H18ClNOS/c1-10-4-5-11(2)16(12(10)3)20-9-14-7-6-13(17(19)21)8-15(14)18/h4-8H,9H2,1-3H3,(H2,19,21). The molecular weight excluding hydrogens is 302 g/mol. The lowest BCUT2D eigenvalue weighted by Gasteiger charge is -2.15. The fourth-order valence-electron chi connectivity index (χ4n) is 2.12. The molecular formula is C17H18ClNOS. The van der Waals surface area contributed by atoms with E-state index in [1.54, 1.807) is 6.07 Å². The van der Waals surface area contributed by atoms with E-state index in [-0.39, 0.29) is 0 Å². The summed E-state index contributed by atoms with van der Waals surface area (Å²) in [6, 6.07) is 9.70. The Hall–Kier alpha value is -1.58. The molecule has 4 heteroatoms. The molecule has 0 saturated heterocycles. The topological polar surface area (TPSA) is 35.2 Å². The molecule has 0 radical (unpaired) electrons. The number of hydrogen-bond donors (Lipinski definition) is 1. The molecule has 0 unspecified atom stereocenters. The predicted octanol–water partition coefficient (Wildman–Crippen LogP) is 4.48. The van der Waals surface area contributed by atoms with E-state index in [9.17, 15) is 0 Å². The van der Waals surface area contributed by atoms with E-state index in [0.29, 0.717) is 16.6 Å². The van der Waals surface area contributed by atoms with Crippen molar-refractivity contribution in [1.82, 2.24) is 0 Å².